The number of nitrogens with one attached hydrogen (secondary N) is 2. The molecule has 0 bridgehead atoms. The van der Waals surface area contributed by atoms with E-state index >= 15 is 0 Å². The van der Waals surface area contributed by atoms with Crippen molar-refractivity contribution < 1.29 is 14.0 Å². The molecule has 0 atom stereocenters. The van der Waals surface area contributed by atoms with Crippen molar-refractivity contribution in [1.82, 2.24) is 10.3 Å². The molecule has 6 heteroatoms. The summed E-state index contributed by atoms with van der Waals surface area (Å²) in [6, 6.07) is 12.6. The predicted molar refractivity (Wildman–Crippen MR) is 81.4 cm³/mol. The standard InChI is InChI=1S/C16H13N3O3/c20-15(10-18-16(21)14-6-3-7-22-14)19-12-8-11-4-1-2-5-13(11)17-9-12/h1-9H,10H2,(H,18,21)(H,19,20). The Kier molecular flexibility index (Phi) is 3.82. The summed E-state index contributed by atoms with van der Waals surface area (Å²) in [4.78, 5) is 27.7. The summed E-state index contributed by atoms with van der Waals surface area (Å²) in [6.45, 7) is -0.146. The average molecular weight is 295 g/mol. The van der Waals surface area contributed by atoms with Crippen LogP contribution in [0.3, 0.4) is 0 Å². The van der Waals surface area contributed by atoms with Gasteiger partial charge in [-0.2, -0.15) is 0 Å². The first-order valence-corrected chi connectivity index (χ1v) is 6.69. The molecule has 3 rings (SSSR count). The number of furan rings is 1. The molecular weight excluding hydrogens is 282 g/mol. The van der Waals surface area contributed by atoms with Gasteiger partial charge >= 0.3 is 0 Å². The van der Waals surface area contributed by atoms with Crippen LogP contribution in [0.1, 0.15) is 10.6 Å². The minimum atomic E-state index is -0.434. The van der Waals surface area contributed by atoms with Gasteiger partial charge in [-0.15, -0.1) is 0 Å². The van der Waals surface area contributed by atoms with Crippen LogP contribution in [0.15, 0.2) is 59.3 Å². The summed E-state index contributed by atoms with van der Waals surface area (Å²) < 4.78 is 4.94. The Bertz CT molecular complexity index is 812. The van der Waals surface area contributed by atoms with E-state index < -0.39 is 5.91 Å². The van der Waals surface area contributed by atoms with E-state index in [9.17, 15) is 9.59 Å². The quantitative estimate of drug-likeness (QED) is 0.772. The minimum absolute atomic E-state index is 0.146. The van der Waals surface area contributed by atoms with E-state index in [4.69, 9.17) is 4.42 Å². The number of fused-ring (bicyclic) bond motifs is 1. The summed E-state index contributed by atoms with van der Waals surface area (Å²) in [6.07, 6.45) is 2.98. The van der Waals surface area contributed by atoms with Crippen LogP contribution < -0.4 is 10.6 Å². The van der Waals surface area contributed by atoms with Gasteiger partial charge < -0.3 is 15.1 Å². The molecule has 0 aliphatic heterocycles. The Balaban J connectivity index is 1.59. The summed E-state index contributed by atoms with van der Waals surface area (Å²) in [5.41, 5.74) is 1.43. The Morgan fingerprint density at radius 2 is 2.00 bits per heavy atom. The molecule has 0 spiro atoms. The van der Waals surface area contributed by atoms with Gasteiger partial charge in [-0.3, -0.25) is 14.6 Å². The van der Waals surface area contributed by atoms with Crippen molar-refractivity contribution in [2.24, 2.45) is 0 Å². The maximum Gasteiger partial charge on any atom is 0.287 e. The van der Waals surface area contributed by atoms with Crippen LogP contribution in [0.5, 0.6) is 0 Å². The predicted octanol–water partition coefficient (Wildman–Crippen LogP) is 2.20. The number of hydrogen-bond acceptors (Lipinski definition) is 4. The molecule has 2 N–H and O–H groups in total. The van der Waals surface area contributed by atoms with Gasteiger partial charge in [0.1, 0.15) is 0 Å². The van der Waals surface area contributed by atoms with Crippen LogP contribution in [-0.4, -0.2) is 23.3 Å². The van der Waals surface area contributed by atoms with Crippen molar-refractivity contribution in [2.75, 3.05) is 11.9 Å². The summed E-state index contributed by atoms with van der Waals surface area (Å²) in [5, 5.41) is 6.10. The van der Waals surface area contributed by atoms with E-state index in [1.54, 1.807) is 12.3 Å². The van der Waals surface area contributed by atoms with Crippen LogP contribution >= 0.6 is 0 Å². The zero-order valence-electron chi connectivity index (χ0n) is 11.6. The first kappa shape index (κ1) is 13.8. The number of aromatic nitrogens is 1. The molecule has 3 aromatic rings. The van der Waals surface area contributed by atoms with Gasteiger partial charge in [0.15, 0.2) is 5.76 Å². The van der Waals surface area contributed by atoms with Crippen molar-refractivity contribution in [2.45, 2.75) is 0 Å². The first-order chi connectivity index (χ1) is 10.7. The Morgan fingerprint density at radius 1 is 1.14 bits per heavy atom. The summed E-state index contributed by atoms with van der Waals surface area (Å²) >= 11 is 0. The molecule has 0 fully saturated rings. The zero-order valence-corrected chi connectivity index (χ0v) is 11.6. The van der Waals surface area contributed by atoms with Crippen molar-refractivity contribution >= 4 is 28.4 Å². The number of nitrogens with zero attached hydrogens (tertiary/aromatic N) is 1. The summed E-state index contributed by atoms with van der Waals surface area (Å²) in [7, 11) is 0. The lowest BCUT2D eigenvalue weighted by molar-refractivity contribution is -0.115. The number of hydrogen-bond donors (Lipinski definition) is 2. The molecule has 2 amide bonds. The van der Waals surface area contributed by atoms with Gasteiger partial charge in [-0.1, -0.05) is 18.2 Å². The normalized spacial score (nSPS) is 10.4. The number of carbonyl (C=O) groups is 2. The second-order valence-corrected chi connectivity index (χ2v) is 4.62. The number of para-hydroxylation sites is 1. The Labute approximate surface area is 126 Å². The monoisotopic (exact) mass is 295 g/mol. The molecule has 2 aromatic heterocycles. The Hall–Kier alpha value is -3.15. The second-order valence-electron chi connectivity index (χ2n) is 4.62. The molecule has 0 unspecified atom stereocenters. The zero-order chi connectivity index (χ0) is 15.4. The molecule has 1 aromatic carbocycles. The minimum Gasteiger partial charge on any atom is -0.459 e. The highest BCUT2D eigenvalue weighted by Crippen LogP contribution is 2.15. The number of carbonyl (C=O) groups excluding carboxylic acids is 2. The molecule has 0 radical (unpaired) electrons. The topological polar surface area (TPSA) is 84.2 Å². The largest absolute Gasteiger partial charge is 0.459 e. The van der Waals surface area contributed by atoms with E-state index in [2.05, 4.69) is 15.6 Å². The summed E-state index contributed by atoms with van der Waals surface area (Å²) in [5.74, 6) is -0.603. The lowest BCUT2D eigenvalue weighted by Crippen LogP contribution is -2.32. The van der Waals surface area contributed by atoms with Crippen molar-refractivity contribution in [3.8, 4) is 0 Å². The molecule has 6 nitrogen and oxygen atoms in total. The number of rotatable bonds is 4. The fourth-order valence-corrected chi connectivity index (χ4v) is 2.00. The molecule has 0 aliphatic carbocycles. The smallest absolute Gasteiger partial charge is 0.287 e. The third-order valence-electron chi connectivity index (χ3n) is 3.03. The van der Waals surface area contributed by atoms with Gasteiger partial charge in [0.05, 0.1) is 30.2 Å². The maximum atomic E-state index is 11.8. The molecule has 0 aliphatic rings. The number of anilines is 1. The molecule has 0 saturated heterocycles. The lowest BCUT2D eigenvalue weighted by Gasteiger charge is -2.06. The van der Waals surface area contributed by atoms with Crippen LogP contribution in [0.2, 0.25) is 0 Å². The third-order valence-corrected chi connectivity index (χ3v) is 3.03. The van der Waals surface area contributed by atoms with Gasteiger partial charge in [0, 0.05) is 5.39 Å². The van der Waals surface area contributed by atoms with Crippen molar-refractivity contribution in [3.63, 3.8) is 0 Å². The van der Waals surface area contributed by atoms with Gasteiger partial charge in [-0.25, -0.2) is 0 Å². The van der Waals surface area contributed by atoms with E-state index in [-0.39, 0.29) is 18.2 Å². The average Bonchev–Trinajstić information content (AvgIpc) is 3.07. The van der Waals surface area contributed by atoms with E-state index in [0.29, 0.717) is 5.69 Å². The first-order valence-electron chi connectivity index (χ1n) is 6.69. The van der Waals surface area contributed by atoms with Crippen LogP contribution in [0.4, 0.5) is 5.69 Å². The SMILES string of the molecule is O=C(CNC(=O)c1ccco1)Nc1cnc2ccccc2c1. The Morgan fingerprint density at radius 3 is 2.82 bits per heavy atom. The van der Waals surface area contributed by atoms with Gasteiger partial charge in [-0.05, 0) is 24.3 Å². The van der Waals surface area contributed by atoms with E-state index in [1.165, 1.54) is 12.3 Å². The van der Waals surface area contributed by atoms with E-state index in [0.717, 1.165) is 10.9 Å². The highest BCUT2D eigenvalue weighted by molar-refractivity contribution is 5.98. The highest BCUT2D eigenvalue weighted by atomic mass is 16.3. The van der Waals surface area contributed by atoms with Crippen LogP contribution in [0, 0.1) is 0 Å². The lowest BCUT2D eigenvalue weighted by atomic mass is 10.2. The fraction of sp³-hybridized carbons (Fsp3) is 0.0625. The number of amides is 2. The molecule has 110 valence electrons. The van der Waals surface area contributed by atoms with Gasteiger partial charge in [0.2, 0.25) is 5.91 Å². The highest BCUT2D eigenvalue weighted by Gasteiger charge is 2.10. The molecular formula is C16H13N3O3. The maximum absolute atomic E-state index is 11.8. The molecule has 22 heavy (non-hydrogen) atoms. The number of pyridine rings is 1. The third kappa shape index (κ3) is 3.12. The molecule has 0 saturated carbocycles. The van der Waals surface area contributed by atoms with Crippen LogP contribution in [-0.2, 0) is 4.79 Å². The van der Waals surface area contributed by atoms with Crippen molar-refractivity contribution in [3.05, 3.63) is 60.7 Å². The fourth-order valence-electron chi connectivity index (χ4n) is 2.00. The van der Waals surface area contributed by atoms with Crippen molar-refractivity contribution in [1.29, 1.82) is 0 Å². The van der Waals surface area contributed by atoms with E-state index in [1.807, 2.05) is 30.3 Å². The number of benzene rings is 1. The van der Waals surface area contributed by atoms with Crippen LogP contribution in [0.25, 0.3) is 10.9 Å². The van der Waals surface area contributed by atoms with Gasteiger partial charge in [0.25, 0.3) is 5.91 Å². The molecule has 2 heterocycles. The second kappa shape index (κ2) is 6.09.